The highest BCUT2D eigenvalue weighted by Crippen LogP contribution is 2.22. The van der Waals surface area contributed by atoms with Crippen LogP contribution in [0.3, 0.4) is 0 Å². The molecule has 2 N–H and O–H groups in total. The van der Waals surface area contributed by atoms with Crippen LogP contribution >= 0.6 is 0 Å². The molecule has 3 aromatic rings. The minimum Gasteiger partial charge on any atom is -0.415 e. The summed E-state index contributed by atoms with van der Waals surface area (Å²) in [5.74, 6) is 0.883. The molecular formula is C18H19N4O3+. The SMILES string of the molecule is C[C@H]([NH2+][C@@H](C)c1nnc(-c2ccc([N+](=O)[O-])cc2)o1)c1ccccc1. The second-order valence-corrected chi connectivity index (χ2v) is 5.93. The molecule has 0 spiro atoms. The van der Waals surface area contributed by atoms with Gasteiger partial charge in [0.2, 0.25) is 5.89 Å². The quantitative estimate of drug-likeness (QED) is 0.550. The first kappa shape index (κ1) is 16.8. The molecule has 1 heterocycles. The van der Waals surface area contributed by atoms with Gasteiger partial charge in [0.1, 0.15) is 6.04 Å². The van der Waals surface area contributed by atoms with E-state index in [1.165, 1.54) is 17.7 Å². The molecule has 0 radical (unpaired) electrons. The summed E-state index contributed by atoms with van der Waals surface area (Å²) in [6.45, 7) is 4.13. The van der Waals surface area contributed by atoms with E-state index in [4.69, 9.17) is 4.42 Å². The van der Waals surface area contributed by atoms with Gasteiger partial charge in [-0.2, -0.15) is 0 Å². The lowest BCUT2D eigenvalue weighted by atomic mass is 10.1. The summed E-state index contributed by atoms with van der Waals surface area (Å²) in [6.07, 6.45) is 0. The van der Waals surface area contributed by atoms with Gasteiger partial charge >= 0.3 is 0 Å². The second-order valence-electron chi connectivity index (χ2n) is 5.93. The topological polar surface area (TPSA) is 98.7 Å². The molecule has 0 saturated heterocycles. The molecule has 0 aliphatic rings. The molecule has 0 unspecified atom stereocenters. The number of hydrogen-bond donors (Lipinski definition) is 1. The Morgan fingerprint density at radius 2 is 1.68 bits per heavy atom. The molecule has 0 fully saturated rings. The van der Waals surface area contributed by atoms with E-state index in [1.54, 1.807) is 12.1 Å². The lowest BCUT2D eigenvalue weighted by Crippen LogP contribution is -2.85. The number of benzene rings is 2. The molecular weight excluding hydrogens is 320 g/mol. The van der Waals surface area contributed by atoms with Gasteiger partial charge < -0.3 is 9.73 Å². The number of nitro benzene ring substituents is 1. The number of non-ortho nitro benzene ring substituents is 1. The van der Waals surface area contributed by atoms with Crippen LogP contribution in [0.2, 0.25) is 0 Å². The maximum Gasteiger partial charge on any atom is 0.274 e. The molecule has 2 aromatic carbocycles. The highest BCUT2D eigenvalue weighted by atomic mass is 16.6. The van der Waals surface area contributed by atoms with Gasteiger partial charge in [0.05, 0.1) is 4.92 Å². The third-order valence-corrected chi connectivity index (χ3v) is 4.06. The monoisotopic (exact) mass is 339 g/mol. The van der Waals surface area contributed by atoms with Crippen molar-refractivity contribution in [2.24, 2.45) is 0 Å². The van der Waals surface area contributed by atoms with E-state index in [1.807, 2.05) is 25.1 Å². The average molecular weight is 339 g/mol. The molecule has 0 amide bonds. The highest BCUT2D eigenvalue weighted by molar-refractivity contribution is 5.55. The average Bonchev–Trinajstić information content (AvgIpc) is 3.13. The standard InChI is InChI=1S/C18H18N4O3/c1-12(14-6-4-3-5-7-14)19-13(2)17-20-21-18(25-17)15-8-10-16(11-9-15)22(23)24/h3-13,19H,1-2H3/p+1/t12-,13-/m0/s1. The van der Waals surface area contributed by atoms with Crippen molar-refractivity contribution < 1.29 is 14.7 Å². The molecule has 0 aliphatic heterocycles. The first-order chi connectivity index (χ1) is 12.0. The predicted molar refractivity (Wildman–Crippen MR) is 91.6 cm³/mol. The van der Waals surface area contributed by atoms with Crippen molar-refractivity contribution in [3.63, 3.8) is 0 Å². The Morgan fingerprint density at radius 3 is 2.32 bits per heavy atom. The highest BCUT2D eigenvalue weighted by Gasteiger charge is 2.21. The molecule has 25 heavy (non-hydrogen) atoms. The van der Waals surface area contributed by atoms with Crippen LogP contribution in [0.25, 0.3) is 11.5 Å². The molecule has 7 nitrogen and oxygen atoms in total. The maximum atomic E-state index is 10.7. The third-order valence-electron chi connectivity index (χ3n) is 4.06. The van der Waals surface area contributed by atoms with Gasteiger partial charge in [-0.1, -0.05) is 30.3 Å². The Kier molecular flexibility index (Phi) is 4.85. The number of aromatic nitrogens is 2. The number of quaternary nitrogens is 1. The Labute approximate surface area is 144 Å². The first-order valence-electron chi connectivity index (χ1n) is 8.02. The largest absolute Gasteiger partial charge is 0.415 e. The van der Waals surface area contributed by atoms with Crippen molar-refractivity contribution in [2.75, 3.05) is 0 Å². The van der Waals surface area contributed by atoms with Gasteiger partial charge in [0.25, 0.3) is 11.6 Å². The van der Waals surface area contributed by atoms with E-state index in [9.17, 15) is 10.1 Å². The normalized spacial score (nSPS) is 13.4. The molecule has 1 aromatic heterocycles. The minimum absolute atomic E-state index is 0.00509. The van der Waals surface area contributed by atoms with Crippen molar-refractivity contribution >= 4 is 5.69 Å². The van der Waals surface area contributed by atoms with Crippen LogP contribution in [-0.2, 0) is 0 Å². The zero-order valence-electron chi connectivity index (χ0n) is 14.0. The first-order valence-corrected chi connectivity index (χ1v) is 8.02. The summed E-state index contributed by atoms with van der Waals surface area (Å²) >= 11 is 0. The third kappa shape index (κ3) is 3.89. The van der Waals surface area contributed by atoms with Gasteiger partial charge in [-0.3, -0.25) is 10.1 Å². The van der Waals surface area contributed by atoms with Gasteiger partial charge in [0.15, 0.2) is 6.04 Å². The van der Waals surface area contributed by atoms with Gasteiger partial charge in [-0.05, 0) is 26.0 Å². The fourth-order valence-electron chi connectivity index (χ4n) is 2.64. The Balaban J connectivity index is 1.71. The van der Waals surface area contributed by atoms with E-state index in [2.05, 4.69) is 34.6 Å². The summed E-state index contributed by atoms with van der Waals surface area (Å²) in [7, 11) is 0. The number of rotatable bonds is 6. The molecule has 0 saturated carbocycles. The fourth-order valence-corrected chi connectivity index (χ4v) is 2.64. The van der Waals surface area contributed by atoms with Crippen molar-refractivity contribution in [2.45, 2.75) is 25.9 Å². The van der Waals surface area contributed by atoms with Crippen LogP contribution in [-0.4, -0.2) is 15.1 Å². The van der Waals surface area contributed by atoms with E-state index in [0.29, 0.717) is 17.3 Å². The summed E-state index contributed by atoms with van der Waals surface area (Å²) in [5.41, 5.74) is 1.92. The summed E-state index contributed by atoms with van der Waals surface area (Å²) < 4.78 is 5.75. The van der Waals surface area contributed by atoms with Crippen LogP contribution in [0.15, 0.2) is 59.0 Å². The van der Waals surface area contributed by atoms with E-state index < -0.39 is 4.92 Å². The zero-order chi connectivity index (χ0) is 17.8. The van der Waals surface area contributed by atoms with Gasteiger partial charge in [-0.15, -0.1) is 10.2 Å². The Bertz CT molecular complexity index is 846. The second kappa shape index (κ2) is 7.23. The van der Waals surface area contributed by atoms with Crippen LogP contribution < -0.4 is 5.32 Å². The minimum atomic E-state index is -0.439. The summed E-state index contributed by atoms with van der Waals surface area (Å²) in [5, 5.41) is 21.0. The molecule has 3 rings (SSSR count). The zero-order valence-corrected chi connectivity index (χ0v) is 14.0. The molecule has 128 valence electrons. The number of hydrogen-bond acceptors (Lipinski definition) is 5. The van der Waals surface area contributed by atoms with Crippen molar-refractivity contribution in [1.82, 2.24) is 10.2 Å². The van der Waals surface area contributed by atoms with Gasteiger partial charge in [0, 0.05) is 23.3 Å². The lowest BCUT2D eigenvalue weighted by molar-refractivity contribution is -0.730. The van der Waals surface area contributed by atoms with Crippen LogP contribution in [0, 0.1) is 10.1 Å². The summed E-state index contributed by atoms with van der Waals surface area (Å²) in [6, 6.07) is 16.5. The Morgan fingerprint density at radius 1 is 1.00 bits per heavy atom. The van der Waals surface area contributed by atoms with Gasteiger partial charge in [-0.25, -0.2) is 0 Å². The van der Waals surface area contributed by atoms with Crippen LogP contribution in [0.1, 0.15) is 37.4 Å². The van der Waals surface area contributed by atoms with Crippen molar-refractivity contribution in [1.29, 1.82) is 0 Å². The number of nitro groups is 1. The smallest absolute Gasteiger partial charge is 0.274 e. The van der Waals surface area contributed by atoms with E-state index >= 15 is 0 Å². The maximum absolute atomic E-state index is 10.7. The molecule has 2 atom stereocenters. The van der Waals surface area contributed by atoms with Crippen molar-refractivity contribution in [3.05, 3.63) is 76.2 Å². The predicted octanol–water partition coefficient (Wildman–Crippen LogP) is 3.03. The van der Waals surface area contributed by atoms with Crippen molar-refractivity contribution in [3.8, 4) is 11.5 Å². The molecule has 0 bridgehead atoms. The van der Waals surface area contributed by atoms with Crippen LogP contribution in [0.4, 0.5) is 5.69 Å². The van der Waals surface area contributed by atoms with E-state index in [0.717, 1.165) is 0 Å². The number of nitrogens with two attached hydrogens (primary N) is 1. The summed E-state index contributed by atoms with van der Waals surface area (Å²) in [4.78, 5) is 10.3. The number of nitrogens with zero attached hydrogens (tertiary/aromatic N) is 3. The van der Waals surface area contributed by atoms with E-state index in [-0.39, 0.29) is 17.8 Å². The lowest BCUT2D eigenvalue weighted by Gasteiger charge is -2.14. The molecule has 7 heteroatoms. The fraction of sp³-hybridized carbons (Fsp3) is 0.222. The Hall–Kier alpha value is -3.06. The van der Waals surface area contributed by atoms with Crippen LogP contribution in [0.5, 0.6) is 0 Å². The molecule has 0 aliphatic carbocycles.